The van der Waals surface area contributed by atoms with Crippen LogP contribution in [0.2, 0.25) is 0 Å². The number of likely N-dealkylation sites (N-methyl/N-ethyl adjacent to an activating group) is 2. The first-order valence-corrected chi connectivity index (χ1v) is 8.43. The average molecular weight is 284 g/mol. The third-order valence-corrected chi connectivity index (χ3v) is 5.03. The highest BCUT2D eigenvalue weighted by Gasteiger charge is 2.24. The third-order valence-electron chi connectivity index (χ3n) is 5.03. The van der Waals surface area contributed by atoms with Crippen molar-refractivity contribution in [2.45, 2.75) is 58.9 Å². The second kappa shape index (κ2) is 8.35. The van der Waals surface area contributed by atoms with Crippen LogP contribution in [0.4, 0.5) is 0 Å². The second-order valence-electron chi connectivity index (χ2n) is 7.82. The average Bonchev–Trinajstić information content (AvgIpc) is 2.36. The lowest BCUT2D eigenvalue weighted by Gasteiger charge is -2.36. The summed E-state index contributed by atoms with van der Waals surface area (Å²) in [5.41, 5.74) is 6.17. The number of likely N-dealkylation sites (tertiary alicyclic amines) is 1. The molecule has 0 saturated carbocycles. The number of nitrogens with two attached hydrogens (primary N) is 1. The molecule has 1 rings (SSSR count). The van der Waals surface area contributed by atoms with Crippen molar-refractivity contribution in [2.24, 2.45) is 17.1 Å². The lowest BCUT2D eigenvalue weighted by Crippen LogP contribution is -2.45. The number of nitrogens with zero attached hydrogens (tertiary/aromatic N) is 2. The summed E-state index contributed by atoms with van der Waals surface area (Å²) in [5.74, 6) is 0.759. The van der Waals surface area contributed by atoms with Crippen LogP contribution in [0.3, 0.4) is 0 Å². The Morgan fingerprint density at radius 3 is 2.55 bits per heavy atom. The molecule has 1 heterocycles. The molecule has 0 aliphatic carbocycles. The quantitative estimate of drug-likeness (QED) is 0.780. The van der Waals surface area contributed by atoms with Gasteiger partial charge in [0.05, 0.1) is 0 Å². The van der Waals surface area contributed by atoms with Gasteiger partial charge in [0.25, 0.3) is 0 Å². The zero-order valence-corrected chi connectivity index (χ0v) is 14.5. The summed E-state index contributed by atoms with van der Waals surface area (Å²) in [7, 11) is 4.55. The first-order chi connectivity index (χ1) is 9.34. The normalized spacial score (nSPS) is 23.2. The van der Waals surface area contributed by atoms with Gasteiger partial charge in [-0.1, -0.05) is 20.8 Å². The van der Waals surface area contributed by atoms with E-state index in [2.05, 4.69) is 44.7 Å². The summed E-state index contributed by atoms with van der Waals surface area (Å²) < 4.78 is 0. The minimum atomic E-state index is 0.392. The minimum Gasteiger partial charge on any atom is -0.330 e. The van der Waals surface area contributed by atoms with Crippen molar-refractivity contribution in [3.05, 3.63) is 0 Å². The van der Waals surface area contributed by atoms with Gasteiger partial charge >= 0.3 is 0 Å². The Kier molecular flexibility index (Phi) is 7.49. The SMILES string of the molecule is CN1CCCC(N(C)CCCC(CCN)C(C)(C)C)C1. The van der Waals surface area contributed by atoms with Gasteiger partial charge in [-0.25, -0.2) is 0 Å². The Bertz CT molecular complexity index is 259. The van der Waals surface area contributed by atoms with Crippen molar-refractivity contribution in [3.8, 4) is 0 Å². The molecule has 3 heteroatoms. The number of hydrogen-bond acceptors (Lipinski definition) is 3. The van der Waals surface area contributed by atoms with E-state index in [9.17, 15) is 0 Å². The fourth-order valence-electron chi connectivity index (χ4n) is 3.48. The molecule has 3 nitrogen and oxygen atoms in total. The van der Waals surface area contributed by atoms with Crippen molar-refractivity contribution in [3.63, 3.8) is 0 Å². The van der Waals surface area contributed by atoms with E-state index < -0.39 is 0 Å². The molecule has 1 fully saturated rings. The van der Waals surface area contributed by atoms with E-state index in [4.69, 9.17) is 5.73 Å². The molecule has 0 spiro atoms. The Morgan fingerprint density at radius 2 is 2.00 bits per heavy atom. The predicted molar refractivity (Wildman–Crippen MR) is 89.0 cm³/mol. The Balaban J connectivity index is 2.31. The Hall–Kier alpha value is -0.120. The fraction of sp³-hybridized carbons (Fsp3) is 1.00. The summed E-state index contributed by atoms with van der Waals surface area (Å²) in [6, 6.07) is 0.761. The number of rotatable bonds is 7. The van der Waals surface area contributed by atoms with Crippen molar-refractivity contribution in [1.29, 1.82) is 0 Å². The van der Waals surface area contributed by atoms with Gasteiger partial charge in [0.1, 0.15) is 0 Å². The maximum atomic E-state index is 5.77. The maximum Gasteiger partial charge on any atom is 0.0220 e. The third kappa shape index (κ3) is 6.11. The first-order valence-electron chi connectivity index (χ1n) is 8.43. The van der Waals surface area contributed by atoms with Gasteiger partial charge in [-0.3, -0.25) is 0 Å². The molecule has 1 aliphatic heterocycles. The second-order valence-corrected chi connectivity index (χ2v) is 7.82. The van der Waals surface area contributed by atoms with E-state index in [1.807, 2.05) is 0 Å². The van der Waals surface area contributed by atoms with E-state index in [0.717, 1.165) is 18.5 Å². The van der Waals surface area contributed by atoms with Crippen molar-refractivity contribution in [2.75, 3.05) is 40.3 Å². The monoisotopic (exact) mass is 283 g/mol. The predicted octanol–water partition coefficient (Wildman–Crippen LogP) is 2.80. The van der Waals surface area contributed by atoms with Gasteiger partial charge in [-0.05, 0) is 77.2 Å². The molecule has 1 aliphatic rings. The van der Waals surface area contributed by atoms with Crippen LogP contribution >= 0.6 is 0 Å². The molecule has 120 valence electrons. The van der Waals surface area contributed by atoms with Crippen LogP contribution in [0.15, 0.2) is 0 Å². The molecular formula is C17H37N3. The maximum absolute atomic E-state index is 5.77. The molecule has 0 aromatic heterocycles. The lowest BCUT2D eigenvalue weighted by molar-refractivity contribution is 0.126. The van der Waals surface area contributed by atoms with Gasteiger partial charge < -0.3 is 15.5 Å². The van der Waals surface area contributed by atoms with E-state index >= 15 is 0 Å². The molecule has 2 N–H and O–H groups in total. The molecule has 2 unspecified atom stereocenters. The van der Waals surface area contributed by atoms with Crippen LogP contribution in [0.5, 0.6) is 0 Å². The van der Waals surface area contributed by atoms with Gasteiger partial charge in [0.15, 0.2) is 0 Å². The zero-order valence-electron chi connectivity index (χ0n) is 14.5. The molecule has 2 atom stereocenters. The van der Waals surface area contributed by atoms with Gasteiger partial charge in [-0.15, -0.1) is 0 Å². The highest BCUT2D eigenvalue weighted by Crippen LogP contribution is 2.32. The van der Waals surface area contributed by atoms with E-state index in [1.165, 1.54) is 51.7 Å². The highest BCUT2D eigenvalue weighted by molar-refractivity contribution is 4.79. The molecule has 0 aromatic carbocycles. The van der Waals surface area contributed by atoms with Gasteiger partial charge in [0, 0.05) is 12.6 Å². The largest absolute Gasteiger partial charge is 0.330 e. The molecule has 0 amide bonds. The minimum absolute atomic E-state index is 0.392. The van der Waals surface area contributed by atoms with E-state index in [1.54, 1.807) is 0 Å². The molecule has 0 radical (unpaired) electrons. The molecular weight excluding hydrogens is 246 g/mol. The van der Waals surface area contributed by atoms with E-state index in [0.29, 0.717) is 5.41 Å². The molecule has 0 bridgehead atoms. The summed E-state index contributed by atoms with van der Waals surface area (Å²) in [5, 5.41) is 0. The number of piperidine rings is 1. The Morgan fingerprint density at radius 1 is 1.30 bits per heavy atom. The molecule has 20 heavy (non-hydrogen) atoms. The molecule has 1 saturated heterocycles. The van der Waals surface area contributed by atoms with Crippen molar-refractivity contribution < 1.29 is 0 Å². The van der Waals surface area contributed by atoms with Gasteiger partial charge in [0.2, 0.25) is 0 Å². The highest BCUT2D eigenvalue weighted by atomic mass is 15.2. The topological polar surface area (TPSA) is 32.5 Å². The summed E-state index contributed by atoms with van der Waals surface area (Å²) in [4.78, 5) is 5.05. The Labute approximate surface area is 126 Å². The van der Waals surface area contributed by atoms with Crippen LogP contribution < -0.4 is 5.73 Å². The summed E-state index contributed by atoms with van der Waals surface area (Å²) >= 11 is 0. The van der Waals surface area contributed by atoms with Gasteiger partial charge in [-0.2, -0.15) is 0 Å². The molecule has 0 aromatic rings. The standard InChI is InChI=1S/C17H37N3/c1-17(2,3)15(10-11-18)8-6-13-20(5)16-9-7-12-19(4)14-16/h15-16H,6-14,18H2,1-5H3. The fourth-order valence-corrected chi connectivity index (χ4v) is 3.48. The smallest absolute Gasteiger partial charge is 0.0220 e. The number of hydrogen-bond donors (Lipinski definition) is 1. The van der Waals surface area contributed by atoms with Crippen LogP contribution in [-0.2, 0) is 0 Å². The van der Waals surface area contributed by atoms with Crippen LogP contribution in [0, 0.1) is 11.3 Å². The van der Waals surface area contributed by atoms with Crippen molar-refractivity contribution in [1.82, 2.24) is 9.80 Å². The van der Waals surface area contributed by atoms with Crippen LogP contribution in [0.1, 0.15) is 52.9 Å². The first kappa shape index (κ1) is 17.9. The lowest BCUT2D eigenvalue weighted by atomic mass is 9.76. The summed E-state index contributed by atoms with van der Waals surface area (Å²) in [6.45, 7) is 11.6. The zero-order chi connectivity index (χ0) is 15.2. The van der Waals surface area contributed by atoms with E-state index in [-0.39, 0.29) is 0 Å². The van der Waals surface area contributed by atoms with Crippen LogP contribution in [0.25, 0.3) is 0 Å². The van der Waals surface area contributed by atoms with Crippen LogP contribution in [-0.4, -0.2) is 56.1 Å². The summed E-state index contributed by atoms with van der Waals surface area (Å²) in [6.07, 6.45) is 6.50. The van der Waals surface area contributed by atoms with Crippen molar-refractivity contribution >= 4 is 0 Å².